The maximum absolute atomic E-state index is 12.0. The Morgan fingerprint density at radius 1 is 1.32 bits per heavy atom. The summed E-state index contributed by atoms with van der Waals surface area (Å²) in [4.78, 5) is 24.2. The topological polar surface area (TPSA) is 89.9 Å². The summed E-state index contributed by atoms with van der Waals surface area (Å²) in [5.41, 5.74) is 0. The number of aliphatic hydroxyl groups excluding tert-OH is 1. The van der Waals surface area contributed by atoms with Gasteiger partial charge in [0.2, 0.25) is 0 Å². The molecule has 110 valence electrons. The zero-order valence-electron chi connectivity index (χ0n) is 11.8. The average Bonchev–Trinajstić information content (AvgIpc) is 2.69. The zero-order valence-corrected chi connectivity index (χ0v) is 11.8. The van der Waals surface area contributed by atoms with E-state index in [2.05, 4.69) is 19.2 Å². The van der Waals surface area contributed by atoms with Gasteiger partial charge in [-0.15, -0.1) is 0 Å². The number of carbonyl (C=O) groups excluding carboxylic acids is 1. The molecule has 6 nitrogen and oxygen atoms in total. The van der Waals surface area contributed by atoms with Crippen LogP contribution in [0, 0.1) is 5.92 Å². The molecule has 0 bridgehead atoms. The van der Waals surface area contributed by atoms with Crippen molar-refractivity contribution in [3.63, 3.8) is 0 Å². The van der Waals surface area contributed by atoms with Gasteiger partial charge in [-0.1, -0.05) is 13.8 Å². The van der Waals surface area contributed by atoms with E-state index >= 15 is 0 Å². The third-order valence-corrected chi connectivity index (χ3v) is 3.37. The molecule has 1 aliphatic rings. The fraction of sp³-hybridized carbons (Fsp3) is 0.846. The summed E-state index contributed by atoms with van der Waals surface area (Å²) < 4.78 is 0. The van der Waals surface area contributed by atoms with Gasteiger partial charge in [0.05, 0.1) is 6.10 Å². The zero-order chi connectivity index (χ0) is 14.6. The Balaban J connectivity index is 2.50. The number of aliphatic carboxylic acids is 1. The fourth-order valence-electron chi connectivity index (χ4n) is 2.22. The molecule has 6 heteroatoms. The normalized spacial score (nSPS) is 24.6. The molecule has 0 radical (unpaired) electrons. The summed E-state index contributed by atoms with van der Waals surface area (Å²) in [6, 6.07) is -1.32. The van der Waals surface area contributed by atoms with Gasteiger partial charge in [0.15, 0.2) is 0 Å². The van der Waals surface area contributed by atoms with E-state index in [0.29, 0.717) is 5.92 Å². The minimum absolute atomic E-state index is 0.00193. The number of urea groups is 1. The minimum atomic E-state index is -1.07. The van der Waals surface area contributed by atoms with E-state index in [1.165, 1.54) is 4.90 Å². The molecule has 0 aromatic carbocycles. The second-order valence-electron chi connectivity index (χ2n) is 5.72. The highest BCUT2D eigenvalue weighted by Gasteiger charge is 2.39. The lowest BCUT2D eigenvalue weighted by Gasteiger charge is -2.24. The van der Waals surface area contributed by atoms with Crippen LogP contribution in [0.2, 0.25) is 0 Å². The van der Waals surface area contributed by atoms with Gasteiger partial charge in [-0.05, 0) is 25.7 Å². The smallest absolute Gasteiger partial charge is 0.326 e. The summed E-state index contributed by atoms with van der Waals surface area (Å²) in [5, 5.41) is 21.3. The van der Waals surface area contributed by atoms with Crippen molar-refractivity contribution in [1.29, 1.82) is 0 Å². The Morgan fingerprint density at radius 2 is 1.95 bits per heavy atom. The van der Waals surface area contributed by atoms with Crippen LogP contribution in [0.25, 0.3) is 0 Å². The van der Waals surface area contributed by atoms with Crippen molar-refractivity contribution in [2.45, 2.75) is 58.2 Å². The Labute approximate surface area is 113 Å². The van der Waals surface area contributed by atoms with E-state index in [-0.39, 0.29) is 19.0 Å². The molecule has 1 aliphatic heterocycles. The molecule has 2 amide bonds. The molecule has 0 saturated carbocycles. The Bertz CT molecular complexity index is 333. The highest BCUT2D eigenvalue weighted by atomic mass is 16.4. The largest absolute Gasteiger partial charge is 0.480 e. The summed E-state index contributed by atoms with van der Waals surface area (Å²) >= 11 is 0. The molecule has 1 unspecified atom stereocenters. The maximum atomic E-state index is 12.0. The van der Waals surface area contributed by atoms with Crippen molar-refractivity contribution in [3.05, 3.63) is 0 Å². The second-order valence-corrected chi connectivity index (χ2v) is 5.72. The summed E-state index contributed by atoms with van der Waals surface area (Å²) in [5.74, 6) is -0.499. The molecule has 3 N–H and O–H groups in total. The number of hydrogen-bond donors (Lipinski definition) is 3. The molecule has 0 aromatic rings. The minimum Gasteiger partial charge on any atom is -0.480 e. The van der Waals surface area contributed by atoms with Crippen LogP contribution in [-0.4, -0.2) is 51.8 Å². The molecule has 0 aliphatic carbocycles. The molecule has 1 fully saturated rings. The fourth-order valence-corrected chi connectivity index (χ4v) is 2.22. The van der Waals surface area contributed by atoms with Crippen molar-refractivity contribution in [1.82, 2.24) is 10.2 Å². The lowest BCUT2D eigenvalue weighted by molar-refractivity contribution is -0.141. The quantitative estimate of drug-likeness (QED) is 0.697. The van der Waals surface area contributed by atoms with Gasteiger partial charge >= 0.3 is 12.0 Å². The number of hydrogen-bond acceptors (Lipinski definition) is 3. The number of rotatable bonds is 5. The van der Waals surface area contributed by atoms with Crippen LogP contribution < -0.4 is 5.32 Å². The van der Waals surface area contributed by atoms with Gasteiger partial charge < -0.3 is 20.4 Å². The lowest BCUT2D eigenvalue weighted by Crippen LogP contribution is -2.48. The van der Waals surface area contributed by atoms with E-state index in [1.807, 2.05) is 6.92 Å². The number of carboxylic acid groups (broad SMARTS) is 1. The molecule has 19 heavy (non-hydrogen) atoms. The predicted molar refractivity (Wildman–Crippen MR) is 70.8 cm³/mol. The van der Waals surface area contributed by atoms with Gasteiger partial charge in [-0.3, -0.25) is 0 Å². The van der Waals surface area contributed by atoms with E-state index in [0.717, 1.165) is 12.8 Å². The van der Waals surface area contributed by atoms with E-state index in [1.54, 1.807) is 0 Å². The van der Waals surface area contributed by atoms with Gasteiger partial charge in [-0.25, -0.2) is 9.59 Å². The first kappa shape index (κ1) is 15.8. The van der Waals surface area contributed by atoms with Crippen LogP contribution >= 0.6 is 0 Å². The highest BCUT2D eigenvalue weighted by molar-refractivity contribution is 5.83. The van der Waals surface area contributed by atoms with Crippen molar-refractivity contribution >= 4 is 12.0 Å². The van der Waals surface area contributed by atoms with Gasteiger partial charge in [-0.2, -0.15) is 0 Å². The number of aliphatic hydroxyl groups is 1. The third kappa shape index (κ3) is 4.70. The Hall–Kier alpha value is -1.30. The maximum Gasteiger partial charge on any atom is 0.326 e. The molecular formula is C13H24N2O4. The standard InChI is InChI=1S/C13H24N2O4/c1-8(2)4-5-9(3)14-13(19)15-7-10(16)6-11(15)12(17)18/h8-11,16H,4-7H2,1-3H3,(H,14,19)(H,17,18)/t9?,10-,11-/m0/s1. The van der Waals surface area contributed by atoms with Crippen LogP contribution in [0.4, 0.5) is 4.79 Å². The number of nitrogens with one attached hydrogen (secondary N) is 1. The molecular weight excluding hydrogens is 248 g/mol. The Morgan fingerprint density at radius 3 is 2.47 bits per heavy atom. The van der Waals surface area contributed by atoms with Crippen LogP contribution in [-0.2, 0) is 4.79 Å². The molecule has 1 saturated heterocycles. The van der Waals surface area contributed by atoms with Crippen LogP contribution in [0.3, 0.4) is 0 Å². The SMILES string of the molecule is CC(C)CCC(C)NC(=O)N1C[C@@H](O)C[C@H]1C(=O)O. The summed E-state index contributed by atoms with van der Waals surface area (Å²) in [7, 11) is 0. The lowest BCUT2D eigenvalue weighted by atomic mass is 10.0. The number of carboxylic acids is 1. The number of carbonyl (C=O) groups is 2. The molecule has 3 atom stereocenters. The summed E-state index contributed by atoms with van der Waals surface area (Å²) in [6.07, 6.45) is 1.21. The van der Waals surface area contributed by atoms with Gasteiger partial charge in [0.25, 0.3) is 0 Å². The van der Waals surface area contributed by atoms with Crippen LogP contribution in [0.1, 0.15) is 40.0 Å². The number of amides is 2. The van der Waals surface area contributed by atoms with Crippen molar-refractivity contribution in [3.8, 4) is 0 Å². The number of nitrogens with zero attached hydrogens (tertiary/aromatic N) is 1. The summed E-state index contributed by atoms with van der Waals surface area (Å²) in [6.45, 7) is 6.22. The van der Waals surface area contributed by atoms with Crippen molar-refractivity contribution in [2.24, 2.45) is 5.92 Å². The van der Waals surface area contributed by atoms with E-state index < -0.39 is 24.1 Å². The monoisotopic (exact) mass is 272 g/mol. The first-order chi connectivity index (χ1) is 8.81. The highest BCUT2D eigenvalue weighted by Crippen LogP contribution is 2.18. The molecule has 1 heterocycles. The molecule has 0 aromatic heterocycles. The van der Waals surface area contributed by atoms with E-state index in [9.17, 15) is 14.7 Å². The first-order valence-electron chi connectivity index (χ1n) is 6.79. The van der Waals surface area contributed by atoms with Crippen molar-refractivity contribution in [2.75, 3.05) is 6.54 Å². The van der Waals surface area contributed by atoms with Crippen molar-refractivity contribution < 1.29 is 19.8 Å². The second kappa shape index (κ2) is 6.75. The number of β-amino-alcohol motifs (C(OH)–C–C–N with tert-alkyl or cyclic N) is 1. The van der Waals surface area contributed by atoms with Crippen LogP contribution in [0.5, 0.6) is 0 Å². The van der Waals surface area contributed by atoms with E-state index in [4.69, 9.17) is 5.11 Å². The Kier molecular flexibility index (Phi) is 5.60. The van der Waals surface area contributed by atoms with Gasteiger partial charge in [0, 0.05) is 19.0 Å². The first-order valence-corrected chi connectivity index (χ1v) is 6.79. The predicted octanol–water partition coefficient (Wildman–Crippen LogP) is 1.04. The van der Waals surface area contributed by atoms with Gasteiger partial charge in [0.1, 0.15) is 6.04 Å². The number of likely N-dealkylation sites (tertiary alicyclic amines) is 1. The third-order valence-electron chi connectivity index (χ3n) is 3.37. The average molecular weight is 272 g/mol. The van der Waals surface area contributed by atoms with Crippen LogP contribution in [0.15, 0.2) is 0 Å². The molecule has 1 rings (SSSR count). The molecule has 0 spiro atoms.